The first-order valence-corrected chi connectivity index (χ1v) is 3.04. The quantitative estimate of drug-likeness (QED) is 0.622. The fourth-order valence-electron chi connectivity index (χ4n) is 0.610. The topological polar surface area (TPSA) is 14.1 Å². The minimum atomic E-state index is 0. The molecule has 0 N–H and O–H groups in total. The minimum absolute atomic E-state index is 0. The molecule has 1 nitrogen and oxygen atoms in total. The van der Waals surface area contributed by atoms with Crippen LogP contribution in [0.3, 0.4) is 0 Å². The Morgan fingerprint density at radius 3 is 2.22 bits per heavy atom. The van der Waals surface area contributed by atoms with Gasteiger partial charge in [-0.1, -0.05) is 18.6 Å². The van der Waals surface area contributed by atoms with Gasteiger partial charge in [-0.15, -0.1) is 6.54 Å². The van der Waals surface area contributed by atoms with E-state index in [9.17, 15) is 0 Å². The van der Waals surface area contributed by atoms with Crippen molar-refractivity contribution >= 4 is 0 Å². The van der Waals surface area contributed by atoms with Gasteiger partial charge in [0.05, 0.1) is 0 Å². The Kier molecular flexibility index (Phi) is 12.2. The molecule has 0 aliphatic rings. The first-order chi connectivity index (χ1) is 3.85. The number of hydrogen-bond acceptors (Lipinski definition) is 0. The van der Waals surface area contributed by atoms with E-state index in [2.05, 4.69) is 25.2 Å². The van der Waals surface area contributed by atoms with Crippen LogP contribution in [-0.2, 0) is 32.7 Å². The molecule has 0 fully saturated rings. The Hall–Kier alpha value is 0.804. The Balaban J connectivity index is 0. The van der Waals surface area contributed by atoms with Crippen molar-refractivity contribution < 1.29 is 32.7 Å². The second-order valence-electron chi connectivity index (χ2n) is 1.77. The zero-order chi connectivity index (χ0) is 6.41. The van der Waals surface area contributed by atoms with Crippen LogP contribution < -0.4 is 0 Å². The summed E-state index contributed by atoms with van der Waals surface area (Å²) in [5, 5.41) is 4.01. The Labute approximate surface area is 83.2 Å². The van der Waals surface area contributed by atoms with Crippen LogP contribution in [0.2, 0.25) is 0 Å². The molecule has 0 heterocycles. The zero-order valence-electron chi connectivity index (χ0n) is 6.52. The van der Waals surface area contributed by atoms with Crippen molar-refractivity contribution in [1.82, 2.24) is 0 Å². The molecule has 0 aliphatic heterocycles. The van der Waals surface area contributed by atoms with Crippen molar-refractivity contribution in [1.29, 1.82) is 0 Å². The van der Waals surface area contributed by atoms with Gasteiger partial charge in [0.15, 0.2) is 0 Å². The SMILES string of the molecule is CC=C(CC)C[N-]C.[Y]. The summed E-state index contributed by atoms with van der Waals surface area (Å²) in [5.41, 5.74) is 1.42. The van der Waals surface area contributed by atoms with Gasteiger partial charge in [-0.05, 0) is 13.3 Å². The van der Waals surface area contributed by atoms with Crippen LogP contribution in [0.15, 0.2) is 11.6 Å². The maximum Gasteiger partial charge on any atom is 0 e. The van der Waals surface area contributed by atoms with Gasteiger partial charge in [-0.25, -0.2) is 0 Å². The van der Waals surface area contributed by atoms with E-state index in [4.69, 9.17) is 0 Å². The zero-order valence-corrected chi connectivity index (χ0v) is 9.35. The largest absolute Gasteiger partial charge is 0.661 e. The average molecular weight is 201 g/mol. The summed E-state index contributed by atoms with van der Waals surface area (Å²) >= 11 is 0. The van der Waals surface area contributed by atoms with Crippen molar-refractivity contribution in [3.63, 3.8) is 0 Å². The summed E-state index contributed by atoms with van der Waals surface area (Å²) < 4.78 is 0. The maximum atomic E-state index is 4.01. The van der Waals surface area contributed by atoms with Crippen molar-refractivity contribution in [2.75, 3.05) is 13.6 Å². The molecule has 0 aromatic rings. The summed E-state index contributed by atoms with van der Waals surface area (Å²) in [6.45, 7) is 5.12. The van der Waals surface area contributed by atoms with E-state index in [1.54, 1.807) is 0 Å². The molecule has 0 atom stereocenters. The molecule has 0 amide bonds. The monoisotopic (exact) mass is 201 g/mol. The van der Waals surface area contributed by atoms with E-state index in [0.717, 1.165) is 13.0 Å². The number of hydrogen-bond donors (Lipinski definition) is 0. The van der Waals surface area contributed by atoms with Crippen molar-refractivity contribution in [3.8, 4) is 0 Å². The fourth-order valence-corrected chi connectivity index (χ4v) is 0.610. The number of rotatable bonds is 3. The summed E-state index contributed by atoms with van der Waals surface area (Å²) in [6.07, 6.45) is 3.26. The van der Waals surface area contributed by atoms with E-state index in [0.29, 0.717) is 0 Å². The Morgan fingerprint density at radius 1 is 1.56 bits per heavy atom. The summed E-state index contributed by atoms with van der Waals surface area (Å²) in [5.74, 6) is 0. The number of allylic oxidation sites excluding steroid dienone is 1. The third-order valence-electron chi connectivity index (χ3n) is 1.22. The van der Waals surface area contributed by atoms with E-state index in [-0.39, 0.29) is 32.7 Å². The first kappa shape index (κ1) is 12.5. The molecule has 0 saturated carbocycles. The van der Waals surface area contributed by atoms with Crippen molar-refractivity contribution in [2.24, 2.45) is 0 Å². The van der Waals surface area contributed by atoms with Crippen LogP contribution in [0.4, 0.5) is 0 Å². The number of likely N-dealkylation sites (N-methyl/N-ethyl adjacent to an activating group) is 1. The standard InChI is InChI=1S/C7H14N.Y/c1-4-7(5-2)6-8-3;/h4H,5-6H2,1-3H3;/q-1;. The molecule has 0 aliphatic carbocycles. The van der Waals surface area contributed by atoms with E-state index in [1.165, 1.54) is 5.57 Å². The predicted molar refractivity (Wildman–Crippen MR) is 38.2 cm³/mol. The van der Waals surface area contributed by atoms with Crippen LogP contribution in [-0.4, -0.2) is 13.6 Å². The molecule has 0 aromatic carbocycles. The summed E-state index contributed by atoms with van der Waals surface area (Å²) in [4.78, 5) is 0. The first-order valence-electron chi connectivity index (χ1n) is 3.04. The summed E-state index contributed by atoms with van der Waals surface area (Å²) in [7, 11) is 1.85. The normalized spacial score (nSPS) is 10.8. The van der Waals surface area contributed by atoms with Crippen LogP contribution in [0.5, 0.6) is 0 Å². The van der Waals surface area contributed by atoms with Crippen molar-refractivity contribution in [2.45, 2.75) is 20.3 Å². The van der Waals surface area contributed by atoms with Gasteiger partial charge in [0.2, 0.25) is 0 Å². The number of nitrogens with zero attached hydrogens (tertiary/aromatic N) is 1. The van der Waals surface area contributed by atoms with Crippen molar-refractivity contribution in [3.05, 3.63) is 17.0 Å². The molecule has 2 heteroatoms. The molecule has 9 heavy (non-hydrogen) atoms. The van der Waals surface area contributed by atoms with Gasteiger partial charge in [0, 0.05) is 32.7 Å². The third-order valence-corrected chi connectivity index (χ3v) is 1.22. The molecular weight excluding hydrogens is 187 g/mol. The molecule has 0 bridgehead atoms. The Morgan fingerprint density at radius 2 is 2.11 bits per heavy atom. The molecule has 51 valence electrons. The molecule has 0 aromatic heterocycles. The van der Waals surface area contributed by atoms with Crippen LogP contribution in [0.1, 0.15) is 20.3 Å². The van der Waals surface area contributed by atoms with Gasteiger partial charge in [-0.3, -0.25) is 0 Å². The van der Waals surface area contributed by atoms with Crippen LogP contribution >= 0.6 is 0 Å². The third kappa shape index (κ3) is 6.69. The molecular formula is C7H14NY-. The predicted octanol–water partition coefficient (Wildman–Crippen LogP) is 2.34. The second-order valence-corrected chi connectivity index (χ2v) is 1.77. The maximum absolute atomic E-state index is 4.01. The molecule has 1 radical (unpaired) electrons. The molecule has 0 unspecified atom stereocenters. The molecule has 0 rings (SSSR count). The van der Waals surface area contributed by atoms with Crippen LogP contribution in [0.25, 0.3) is 5.32 Å². The van der Waals surface area contributed by atoms with E-state index >= 15 is 0 Å². The van der Waals surface area contributed by atoms with Gasteiger partial charge in [0.25, 0.3) is 0 Å². The fraction of sp³-hybridized carbons (Fsp3) is 0.714. The van der Waals surface area contributed by atoms with Gasteiger partial charge < -0.3 is 5.32 Å². The molecule has 0 saturated heterocycles. The average Bonchev–Trinajstić information content (AvgIpc) is 1.83. The Bertz CT molecular complexity index is 79.0. The summed E-state index contributed by atoms with van der Waals surface area (Å²) in [6, 6.07) is 0. The van der Waals surface area contributed by atoms with Crippen LogP contribution in [0, 0.1) is 0 Å². The van der Waals surface area contributed by atoms with E-state index < -0.39 is 0 Å². The van der Waals surface area contributed by atoms with Gasteiger partial charge in [-0.2, -0.15) is 7.05 Å². The van der Waals surface area contributed by atoms with E-state index in [1.807, 2.05) is 7.05 Å². The molecule has 0 spiro atoms. The smallest absolute Gasteiger partial charge is 0 e. The van der Waals surface area contributed by atoms with Gasteiger partial charge >= 0.3 is 0 Å². The van der Waals surface area contributed by atoms with Gasteiger partial charge in [0.1, 0.15) is 0 Å². The minimum Gasteiger partial charge on any atom is -0.661 e. The second kappa shape index (κ2) is 8.80.